The smallest absolute Gasteiger partial charge is 0.246 e. The number of carbonyl (C=O) groups is 2. The number of ether oxygens (including phenoxy) is 1. The van der Waals surface area contributed by atoms with E-state index in [1.807, 2.05) is 4.90 Å². The summed E-state index contributed by atoms with van der Waals surface area (Å²) in [4.78, 5) is 24.9. The molecule has 1 saturated heterocycles. The molecule has 1 fully saturated rings. The average molecular weight is 257 g/mol. The molecule has 0 unspecified atom stereocenters. The first kappa shape index (κ1) is 14.9. The van der Waals surface area contributed by atoms with Crippen molar-refractivity contribution in [1.29, 1.82) is 0 Å². The maximum Gasteiger partial charge on any atom is 0.246 e. The molecular formula is C12H23N3O3. The van der Waals surface area contributed by atoms with Gasteiger partial charge in [-0.3, -0.25) is 9.59 Å². The van der Waals surface area contributed by atoms with Crippen molar-refractivity contribution in [2.45, 2.75) is 25.7 Å². The lowest BCUT2D eigenvalue weighted by atomic mass is 10.1. The maximum absolute atomic E-state index is 11.8. The van der Waals surface area contributed by atoms with Crippen LogP contribution >= 0.6 is 0 Å². The molecule has 3 N–H and O–H groups in total. The summed E-state index contributed by atoms with van der Waals surface area (Å²) < 4.78 is 4.99. The van der Waals surface area contributed by atoms with E-state index in [0.29, 0.717) is 26.1 Å². The van der Waals surface area contributed by atoms with Gasteiger partial charge in [-0.1, -0.05) is 0 Å². The second kappa shape index (κ2) is 8.88. The van der Waals surface area contributed by atoms with Crippen molar-refractivity contribution in [1.82, 2.24) is 10.2 Å². The second-order valence-corrected chi connectivity index (χ2v) is 4.38. The molecule has 6 nitrogen and oxygen atoms in total. The van der Waals surface area contributed by atoms with Gasteiger partial charge in [0.1, 0.15) is 6.61 Å². The Labute approximate surface area is 108 Å². The fourth-order valence-electron chi connectivity index (χ4n) is 1.91. The number of piperidine rings is 1. The Bertz CT molecular complexity index is 265. The standard InChI is InChI=1S/C12H23N3O3/c13-5-9-18-10-11(16)14-6-4-12(17)15-7-2-1-3-8-15/h1-10,13H2,(H,14,16). The van der Waals surface area contributed by atoms with Gasteiger partial charge in [0.2, 0.25) is 11.8 Å². The fraction of sp³-hybridized carbons (Fsp3) is 0.833. The fourth-order valence-corrected chi connectivity index (χ4v) is 1.91. The number of hydrogen-bond donors (Lipinski definition) is 2. The molecule has 0 radical (unpaired) electrons. The van der Waals surface area contributed by atoms with Gasteiger partial charge in [-0.25, -0.2) is 0 Å². The normalized spacial score (nSPS) is 15.5. The Hall–Kier alpha value is -1.14. The van der Waals surface area contributed by atoms with Crippen molar-refractivity contribution >= 4 is 11.8 Å². The van der Waals surface area contributed by atoms with Crippen LogP contribution in [0.4, 0.5) is 0 Å². The van der Waals surface area contributed by atoms with E-state index in [1.54, 1.807) is 0 Å². The number of likely N-dealkylation sites (tertiary alicyclic amines) is 1. The minimum Gasteiger partial charge on any atom is -0.370 e. The second-order valence-electron chi connectivity index (χ2n) is 4.38. The Morgan fingerprint density at radius 2 is 1.94 bits per heavy atom. The molecule has 104 valence electrons. The highest BCUT2D eigenvalue weighted by atomic mass is 16.5. The lowest BCUT2D eigenvalue weighted by Crippen LogP contribution is -2.38. The minimum absolute atomic E-state index is 0.00903. The van der Waals surface area contributed by atoms with Crippen molar-refractivity contribution in [3.05, 3.63) is 0 Å². The number of nitrogens with zero attached hydrogens (tertiary/aromatic N) is 1. The van der Waals surface area contributed by atoms with Crippen molar-refractivity contribution in [2.75, 3.05) is 39.4 Å². The quantitative estimate of drug-likeness (QED) is 0.601. The lowest BCUT2D eigenvalue weighted by molar-refractivity contribution is -0.132. The van der Waals surface area contributed by atoms with Crippen LogP contribution in [-0.4, -0.2) is 56.1 Å². The molecule has 6 heteroatoms. The van der Waals surface area contributed by atoms with Crippen molar-refractivity contribution in [3.8, 4) is 0 Å². The Morgan fingerprint density at radius 1 is 1.22 bits per heavy atom. The molecule has 0 atom stereocenters. The van der Waals surface area contributed by atoms with E-state index in [-0.39, 0.29) is 18.4 Å². The molecule has 0 aromatic carbocycles. The SMILES string of the molecule is NCCOCC(=O)NCCC(=O)N1CCCCC1. The van der Waals surface area contributed by atoms with E-state index >= 15 is 0 Å². The van der Waals surface area contributed by atoms with Crippen LogP contribution in [0.1, 0.15) is 25.7 Å². The Morgan fingerprint density at radius 3 is 2.61 bits per heavy atom. The van der Waals surface area contributed by atoms with Crippen LogP contribution in [0.15, 0.2) is 0 Å². The first-order valence-corrected chi connectivity index (χ1v) is 6.56. The number of nitrogens with two attached hydrogens (primary N) is 1. The molecule has 0 aromatic heterocycles. The maximum atomic E-state index is 11.8. The summed E-state index contributed by atoms with van der Waals surface area (Å²) in [6.07, 6.45) is 3.75. The summed E-state index contributed by atoms with van der Waals surface area (Å²) in [6, 6.07) is 0. The molecule has 0 saturated carbocycles. The van der Waals surface area contributed by atoms with Crippen LogP contribution in [0.3, 0.4) is 0 Å². The van der Waals surface area contributed by atoms with Gasteiger partial charge in [0.05, 0.1) is 6.61 Å². The summed E-state index contributed by atoms with van der Waals surface area (Å²) in [5, 5.41) is 2.66. The van der Waals surface area contributed by atoms with Crippen molar-refractivity contribution < 1.29 is 14.3 Å². The van der Waals surface area contributed by atoms with Gasteiger partial charge in [-0.2, -0.15) is 0 Å². The zero-order valence-electron chi connectivity index (χ0n) is 10.8. The third kappa shape index (κ3) is 5.97. The molecule has 1 heterocycles. The molecule has 0 spiro atoms. The van der Waals surface area contributed by atoms with Gasteiger partial charge in [-0.15, -0.1) is 0 Å². The summed E-state index contributed by atoms with van der Waals surface area (Å²) in [5.74, 6) is -0.0761. The van der Waals surface area contributed by atoms with E-state index in [9.17, 15) is 9.59 Å². The van der Waals surface area contributed by atoms with Gasteiger partial charge in [-0.05, 0) is 19.3 Å². The summed E-state index contributed by atoms with van der Waals surface area (Å²) in [7, 11) is 0. The van der Waals surface area contributed by atoms with Crippen LogP contribution in [-0.2, 0) is 14.3 Å². The largest absolute Gasteiger partial charge is 0.370 e. The first-order valence-electron chi connectivity index (χ1n) is 6.56. The number of amides is 2. The topological polar surface area (TPSA) is 84.7 Å². The van der Waals surface area contributed by atoms with E-state index in [1.165, 1.54) is 6.42 Å². The van der Waals surface area contributed by atoms with Crippen LogP contribution in [0, 0.1) is 0 Å². The molecule has 1 aliphatic rings. The van der Waals surface area contributed by atoms with Crippen molar-refractivity contribution in [2.24, 2.45) is 5.73 Å². The van der Waals surface area contributed by atoms with Crippen LogP contribution in [0.5, 0.6) is 0 Å². The molecule has 2 amide bonds. The summed E-state index contributed by atoms with van der Waals surface area (Å²) >= 11 is 0. The van der Waals surface area contributed by atoms with E-state index in [0.717, 1.165) is 25.9 Å². The number of carbonyl (C=O) groups excluding carboxylic acids is 2. The number of rotatable bonds is 7. The highest BCUT2D eigenvalue weighted by molar-refractivity contribution is 5.79. The molecular weight excluding hydrogens is 234 g/mol. The highest BCUT2D eigenvalue weighted by Crippen LogP contribution is 2.09. The third-order valence-corrected chi connectivity index (χ3v) is 2.87. The molecule has 0 aliphatic carbocycles. The predicted octanol–water partition coefficient (Wildman–Crippen LogP) is -0.519. The Kier molecular flexibility index (Phi) is 7.36. The monoisotopic (exact) mass is 257 g/mol. The van der Waals surface area contributed by atoms with Gasteiger partial charge in [0, 0.05) is 32.6 Å². The molecule has 1 aliphatic heterocycles. The van der Waals surface area contributed by atoms with E-state index in [4.69, 9.17) is 10.5 Å². The van der Waals surface area contributed by atoms with Gasteiger partial charge < -0.3 is 20.7 Å². The third-order valence-electron chi connectivity index (χ3n) is 2.87. The summed E-state index contributed by atoms with van der Waals surface area (Å²) in [6.45, 7) is 2.87. The molecule has 0 bridgehead atoms. The van der Waals surface area contributed by atoms with Crippen LogP contribution in [0.25, 0.3) is 0 Å². The lowest BCUT2D eigenvalue weighted by Gasteiger charge is -2.26. The first-order chi connectivity index (χ1) is 8.74. The van der Waals surface area contributed by atoms with Gasteiger partial charge >= 0.3 is 0 Å². The van der Waals surface area contributed by atoms with Crippen LogP contribution in [0.2, 0.25) is 0 Å². The number of hydrogen-bond acceptors (Lipinski definition) is 4. The van der Waals surface area contributed by atoms with Gasteiger partial charge in [0.25, 0.3) is 0 Å². The van der Waals surface area contributed by atoms with Gasteiger partial charge in [0.15, 0.2) is 0 Å². The zero-order chi connectivity index (χ0) is 13.2. The molecule has 1 rings (SSSR count). The number of nitrogens with one attached hydrogen (secondary N) is 1. The predicted molar refractivity (Wildman–Crippen MR) is 67.9 cm³/mol. The minimum atomic E-state index is -0.199. The summed E-state index contributed by atoms with van der Waals surface area (Å²) in [5.41, 5.74) is 5.23. The average Bonchev–Trinajstić information content (AvgIpc) is 2.40. The van der Waals surface area contributed by atoms with Crippen LogP contribution < -0.4 is 11.1 Å². The molecule has 18 heavy (non-hydrogen) atoms. The van der Waals surface area contributed by atoms with E-state index < -0.39 is 0 Å². The van der Waals surface area contributed by atoms with E-state index in [2.05, 4.69) is 5.32 Å². The highest BCUT2D eigenvalue weighted by Gasteiger charge is 2.15. The zero-order valence-corrected chi connectivity index (χ0v) is 10.8. The molecule has 0 aromatic rings. The van der Waals surface area contributed by atoms with Crippen molar-refractivity contribution in [3.63, 3.8) is 0 Å². The Balaban J connectivity index is 2.05.